The second-order valence-corrected chi connectivity index (χ2v) is 5.93. The molecule has 2 amide bonds. The van der Waals surface area contributed by atoms with Gasteiger partial charge in [-0.3, -0.25) is 9.59 Å². The molecule has 3 rings (SSSR count). The van der Waals surface area contributed by atoms with Gasteiger partial charge in [-0.05, 0) is 11.6 Å². The van der Waals surface area contributed by atoms with Crippen molar-refractivity contribution in [2.45, 2.75) is 6.54 Å². The molecule has 0 aliphatic heterocycles. The first-order valence-electron chi connectivity index (χ1n) is 7.73. The minimum atomic E-state index is -0.685. The summed E-state index contributed by atoms with van der Waals surface area (Å²) in [6.45, 7) is 0.407. The number of benzene rings is 1. The summed E-state index contributed by atoms with van der Waals surface area (Å²) in [5, 5.41) is 0.515. The number of hydrogen-bond donors (Lipinski definition) is 2. The number of rotatable bonds is 4. The van der Waals surface area contributed by atoms with Gasteiger partial charge in [0.2, 0.25) is 0 Å². The molecule has 25 heavy (non-hydrogen) atoms. The van der Waals surface area contributed by atoms with E-state index >= 15 is 0 Å². The summed E-state index contributed by atoms with van der Waals surface area (Å²) in [6, 6.07) is 11.2. The summed E-state index contributed by atoms with van der Waals surface area (Å²) in [4.78, 5) is 30.8. The third-order valence-electron chi connectivity index (χ3n) is 4.10. The number of aromatic nitrogens is 2. The van der Waals surface area contributed by atoms with Crippen molar-refractivity contribution in [3.63, 3.8) is 0 Å². The van der Waals surface area contributed by atoms with Crippen LogP contribution in [0.15, 0.2) is 42.6 Å². The highest BCUT2D eigenvalue weighted by atomic mass is 16.2. The zero-order valence-corrected chi connectivity index (χ0v) is 14.1. The number of aryl methyl sites for hydroxylation is 1. The van der Waals surface area contributed by atoms with Crippen LogP contribution in [-0.2, 0) is 13.6 Å². The average molecular weight is 337 g/mol. The van der Waals surface area contributed by atoms with Gasteiger partial charge in [0, 0.05) is 26.0 Å². The van der Waals surface area contributed by atoms with E-state index in [-0.39, 0.29) is 17.2 Å². The fourth-order valence-electron chi connectivity index (χ4n) is 2.95. The highest BCUT2D eigenvalue weighted by Gasteiger charge is 2.27. The first-order valence-corrected chi connectivity index (χ1v) is 7.73. The van der Waals surface area contributed by atoms with Crippen molar-refractivity contribution in [2.24, 2.45) is 12.8 Å². The normalized spacial score (nSPS) is 10.8. The Bertz CT molecular complexity index is 963. The molecule has 0 radical (unpaired) electrons. The summed E-state index contributed by atoms with van der Waals surface area (Å²) in [7, 11) is 3.33. The smallest absolute Gasteiger partial charge is 0.266 e. The maximum Gasteiger partial charge on any atom is 0.266 e. The van der Waals surface area contributed by atoms with Gasteiger partial charge in [0.1, 0.15) is 11.3 Å². The Morgan fingerprint density at radius 1 is 1.24 bits per heavy atom. The summed E-state index contributed by atoms with van der Waals surface area (Å²) in [5.74, 6) is -0.994. The maximum atomic E-state index is 13.0. The van der Waals surface area contributed by atoms with Crippen molar-refractivity contribution in [3.05, 3.63) is 59.4 Å². The fourth-order valence-corrected chi connectivity index (χ4v) is 2.95. The minimum Gasteiger partial charge on any atom is -0.397 e. The van der Waals surface area contributed by atoms with Crippen molar-refractivity contribution in [3.8, 4) is 0 Å². The van der Waals surface area contributed by atoms with E-state index in [1.54, 1.807) is 25.1 Å². The lowest BCUT2D eigenvalue weighted by Crippen LogP contribution is -2.29. The van der Waals surface area contributed by atoms with E-state index in [1.807, 2.05) is 30.3 Å². The summed E-state index contributed by atoms with van der Waals surface area (Å²) >= 11 is 0. The molecular formula is C18H19N5O2. The quantitative estimate of drug-likeness (QED) is 0.752. The Labute approximate surface area is 144 Å². The second kappa shape index (κ2) is 6.27. The van der Waals surface area contributed by atoms with Crippen LogP contribution < -0.4 is 11.5 Å². The van der Waals surface area contributed by atoms with Crippen molar-refractivity contribution < 1.29 is 9.59 Å². The minimum absolute atomic E-state index is 0.123. The molecule has 0 atom stereocenters. The third kappa shape index (κ3) is 2.91. The van der Waals surface area contributed by atoms with Crippen LogP contribution in [0.4, 0.5) is 5.69 Å². The Kier molecular flexibility index (Phi) is 4.14. The number of carbonyl (C=O) groups is 2. The summed E-state index contributed by atoms with van der Waals surface area (Å²) < 4.78 is 1.53. The van der Waals surface area contributed by atoms with Gasteiger partial charge in [-0.2, -0.15) is 0 Å². The van der Waals surface area contributed by atoms with Gasteiger partial charge in [0.15, 0.2) is 0 Å². The van der Waals surface area contributed by atoms with Gasteiger partial charge in [0.25, 0.3) is 11.8 Å². The zero-order chi connectivity index (χ0) is 18.1. The van der Waals surface area contributed by atoms with Gasteiger partial charge in [-0.25, -0.2) is 4.98 Å². The molecule has 7 nitrogen and oxygen atoms in total. The van der Waals surface area contributed by atoms with Crippen molar-refractivity contribution in [1.29, 1.82) is 0 Å². The Balaban J connectivity index is 2.10. The molecule has 7 heteroatoms. The van der Waals surface area contributed by atoms with Crippen LogP contribution in [-0.4, -0.2) is 33.3 Å². The SMILES string of the molecule is CN(Cc1ccccc1)C(=O)c1c(C(N)=O)n(C)c2ncc(N)cc12. The number of fused-ring (bicyclic) bond motifs is 1. The Hall–Kier alpha value is -3.35. The molecule has 0 fully saturated rings. The lowest BCUT2D eigenvalue weighted by Gasteiger charge is -2.17. The summed E-state index contributed by atoms with van der Waals surface area (Å²) in [5.41, 5.74) is 13.6. The van der Waals surface area contributed by atoms with Gasteiger partial charge in [-0.1, -0.05) is 30.3 Å². The average Bonchev–Trinajstić information content (AvgIpc) is 2.87. The topological polar surface area (TPSA) is 107 Å². The highest BCUT2D eigenvalue weighted by Crippen LogP contribution is 2.27. The largest absolute Gasteiger partial charge is 0.397 e. The molecular weight excluding hydrogens is 318 g/mol. The number of nitrogens with two attached hydrogens (primary N) is 2. The van der Waals surface area contributed by atoms with E-state index < -0.39 is 5.91 Å². The highest BCUT2D eigenvalue weighted by molar-refractivity contribution is 6.15. The van der Waals surface area contributed by atoms with E-state index in [2.05, 4.69) is 4.98 Å². The lowest BCUT2D eigenvalue weighted by molar-refractivity contribution is 0.0780. The predicted octanol–water partition coefficient (Wildman–Crippen LogP) is 1.53. The van der Waals surface area contributed by atoms with Gasteiger partial charge >= 0.3 is 0 Å². The fraction of sp³-hybridized carbons (Fsp3) is 0.167. The van der Waals surface area contributed by atoms with Crippen molar-refractivity contribution >= 4 is 28.5 Å². The molecule has 0 saturated carbocycles. The van der Waals surface area contributed by atoms with Crippen LogP contribution in [0.1, 0.15) is 26.4 Å². The molecule has 0 aliphatic rings. The first-order chi connectivity index (χ1) is 11.9. The van der Waals surface area contributed by atoms with Crippen LogP contribution in [0, 0.1) is 0 Å². The number of pyridine rings is 1. The van der Waals surface area contributed by atoms with E-state index in [0.29, 0.717) is 23.3 Å². The van der Waals surface area contributed by atoms with Crippen LogP contribution >= 0.6 is 0 Å². The molecule has 4 N–H and O–H groups in total. The molecule has 0 unspecified atom stereocenters. The molecule has 0 bridgehead atoms. The molecule has 2 heterocycles. The number of amides is 2. The molecule has 0 aliphatic carbocycles. The van der Waals surface area contributed by atoms with Crippen LogP contribution in [0.25, 0.3) is 11.0 Å². The van der Waals surface area contributed by atoms with Crippen LogP contribution in [0.5, 0.6) is 0 Å². The van der Waals surface area contributed by atoms with Crippen LogP contribution in [0.2, 0.25) is 0 Å². The van der Waals surface area contributed by atoms with E-state index in [9.17, 15) is 9.59 Å². The molecule has 0 spiro atoms. The first kappa shape index (κ1) is 16.5. The van der Waals surface area contributed by atoms with Crippen LogP contribution in [0.3, 0.4) is 0 Å². The standard InChI is InChI=1S/C18H19N5O2/c1-22(10-11-6-4-3-5-7-11)18(25)14-13-8-12(19)9-21-17(13)23(2)15(14)16(20)24/h3-9H,10,19H2,1-2H3,(H2,20,24). The number of nitrogen functional groups attached to an aromatic ring is 1. The Morgan fingerprint density at radius 3 is 2.56 bits per heavy atom. The summed E-state index contributed by atoms with van der Waals surface area (Å²) in [6.07, 6.45) is 1.48. The number of hydrogen-bond acceptors (Lipinski definition) is 4. The predicted molar refractivity (Wildman–Crippen MR) is 95.9 cm³/mol. The van der Waals surface area contributed by atoms with E-state index in [4.69, 9.17) is 11.5 Å². The number of primary amides is 1. The molecule has 128 valence electrons. The molecule has 2 aromatic heterocycles. The monoisotopic (exact) mass is 337 g/mol. The molecule has 3 aromatic rings. The van der Waals surface area contributed by atoms with Gasteiger partial charge in [-0.15, -0.1) is 0 Å². The van der Waals surface area contributed by atoms with Gasteiger partial charge < -0.3 is 20.9 Å². The number of anilines is 1. The number of nitrogens with zero attached hydrogens (tertiary/aromatic N) is 3. The maximum absolute atomic E-state index is 13.0. The van der Waals surface area contributed by atoms with E-state index in [1.165, 1.54) is 10.8 Å². The molecule has 1 aromatic carbocycles. The number of carbonyl (C=O) groups excluding carboxylic acids is 2. The molecule has 0 saturated heterocycles. The van der Waals surface area contributed by atoms with Crippen molar-refractivity contribution in [2.75, 3.05) is 12.8 Å². The van der Waals surface area contributed by atoms with E-state index in [0.717, 1.165) is 5.56 Å². The lowest BCUT2D eigenvalue weighted by atomic mass is 10.1. The zero-order valence-electron chi connectivity index (χ0n) is 14.1. The van der Waals surface area contributed by atoms with Crippen molar-refractivity contribution in [1.82, 2.24) is 14.5 Å². The van der Waals surface area contributed by atoms with Gasteiger partial charge in [0.05, 0.1) is 17.4 Å². The Morgan fingerprint density at radius 2 is 1.92 bits per heavy atom. The second-order valence-electron chi connectivity index (χ2n) is 5.93. The third-order valence-corrected chi connectivity index (χ3v) is 4.10.